The lowest BCUT2D eigenvalue weighted by molar-refractivity contribution is -0.119. The lowest BCUT2D eigenvalue weighted by Gasteiger charge is -2.10. The fourth-order valence-electron chi connectivity index (χ4n) is 2.07. The van der Waals surface area contributed by atoms with Crippen molar-refractivity contribution < 1.29 is 9.53 Å². The van der Waals surface area contributed by atoms with Gasteiger partial charge in [0.2, 0.25) is 5.91 Å². The van der Waals surface area contributed by atoms with Crippen LogP contribution in [0.15, 0.2) is 29.2 Å². The Morgan fingerprint density at radius 1 is 1.40 bits per heavy atom. The van der Waals surface area contributed by atoms with Crippen LogP contribution in [0, 0.1) is 0 Å². The smallest absolute Gasteiger partial charge is 0.230 e. The van der Waals surface area contributed by atoms with Crippen LogP contribution >= 0.6 is 23.5 Å². The molecule has 5 heteroatoms. The topological polar surface area (TPSA) is 38.3 Å². The third-order valence-electron chi connectivity index (χ3n) is 3.21. The highest BCUT2D eigenvalue weighted by Crippen LogP contribution is 2.18. The number of rotatable bonds is 7. The molecule has 1 saturated heterocycles. The Morgan fingerprint density at radius 3 is 2.85 bits per heavy atom. The Labute approximate surface area is 129 Å². The van der Waals surface area contributed by atoms with E-state index in [0.29, 0.717) is 12.3 Å². The van der Waals surface area contributed by atoms with Gasteiger partial charge in [0.15, 0.2) is 0 Å². The zero-order valence-electron chi connectivity index (χ0n) is 11.8. The lowest BCUT2D eigenvalue weighted by Crippen LogP contribution is -2.32. The summed E-state index contributed by atoms with van der Waals surface area (Å²) in [5, 5.41) is 2.94. The molecular formula is C15H21NO2S2. The molecule has 2 rings (SSSR count). The van der Waals surface area contributed by atoms with E-state index in [1.54, 1.807) is 23.5 Å². The van der Waals surface area contributed by atoms with Crippen LogP contribution in [-0.4, -0.2) is 37.2 Å². The molecule has 1 fully saturated rings. The minimum absolute atomic E-state index is 0.103. The number of carbonyl (C=O) groups is 1. The molecule has 1 aromatic carbocycles. The van der Waals surface area contributed by atoms with Crippen molar-refractivity contribution in [2.75, 3.05) is 25.2 Å². The lowest BCUT2D eigenvalue weighted by atomic mass is 10.2. The summed E-state index contributed by atoms with van der Waals surface area (Å²) in [7, 11) is 0. The van der Waals surface area contributed by atoms with Crippen LogP contribution in [0.2, 0.25) is 0 Å². The molecule has 0 aliphatic carbocycles. The SMILES string of the molecule is CSc1ccc(CSCC(=O)NC[C@H]2CCCO2)cc1. The van der Waals surface area contributed by atoms with Gasteiger partial charge in [-0.1, -0.05) is 12.1 Å². The van der Waals surface area contributed by atoms with Gasteiger partial charge in [-0.15, -0.1) is 23.5 Å². The summed E-state index contributed by atoms with van der Waals surface area (Å²) >= 11 is 3.39. The van der Waals surface area contributed by atoms with E-state index in [1.165, 1.54) is 10.5 Å². The molecule has 1 aromatic rings. The molecule has 0 aromatic heterocycles. The van der Waals surface area contributed by atoms with Crippen molar-refractivity contribution in [2.24, 2.45) is 0 Å². The van der Waals surface area contributed by atoms with Gasteiger partial charge in [0, 0.05) is 23.8 Å². The van der Waals surface area contributed by atoms with E-state index in [2.05, 4.69) is 35.8 Å². The molecule has 110 valence electrons. The van der Waals surface area contributed by atoms with Gasteiger partial charge in [-0.05, 0) is 36.8 Å². The Bertz CT molecular complexity index is 416. The van der Waals surface area contributed by atoms with Gasteiger partial charge >= 0.3 is 0 Å². The average Bonchev–Trinajstić information content (AvgIpc) is 2.99. The van der Waals surface area contributed by atoms with Crippen LogP contribution < -0.4 is 5.32 Å². The molecule has 1 atom stereocenters. The van der Waals surface area contributed by atoms with E-state index in [-0.39, 0.29) is 12.0 Å². The summed E-state index contributed by atoms with van der Waals surface area (Å²) in [5.41, 5.74) is 1.26. The zero-order chi connectivity index (χ0) is 14.2. The maximum absolute atomic E-state index is 11.7. The highest BCUT2D eigenvalue weighted by Gasteiger charge is 2.15. The van der Waals surface area contributed by atoms with Crippen molar-refractivity contribution >= 4 is 29.4 Å². The van der Waals surface area contributed by atoms with Gasteiger partial charge in [-0.3, -0.25) is 4.79 Å². The van der Waals surface area contributed by atoms with Gasteiger partial charge < -0.3 is 10.1 Å². The minimum atomic E-state index is 0.103. The predicted octanol–water partition coefficient (Wildman–Crippen LogP) is 2.94. The first kappa shape index (κ1) is 15.7. The molecule has 1 heterocycles. The third kappa shape index (κ3) is 5.38. The van der Waals surface area contributed by atoms with Crippen LogP contribution in [0.1, 0.15) is 18.4 Å². The van der Waals surface area contributed by atoms with Crippen molar-refractivity contribution in [2.45, 2.75) is 29.6 Å². The summed E-state index contributed by atoms with van der Waals surface area (Å²) in [5.74, 6) is 1.49. The molecule has 3 nitrogen and oxygen atoms in total. The van der Waals surface area contributed by atoms with E-state index < -0.39 is 0 Å². The summed E-state index contributed by atoms with van der Waals surface area (Å²) in [6, 6.07) is 8.50. The van der Waals surface area contributed by atoms with Gasteiger partial charge in [-0.2, -0.15) is 0 Å². The monoisotopic (exact) mass is 311 g/mol. The van der Waals surface area contributed by atoms with Crippen molar-refractivity contribution in [1.82, 2.24) is 5.32 Å². The summed E-state index contributed by atoms with van der Waals surface area (Å²) in [6.07, 6.45) is 4.47. The second kappa shape index (κ2) is 8.60. The van der Waals surface area contributed by atoms with Crippen LogP contribution in [0.25, 0.3) is 0 Å². The number of ether oxygens (including phenoxy) is 1. The van der Waals surface area contributed by atoms with Gasteiger partial charge in [0.1, 0.15) is 0 Å². The first-order chi connectivity index (χ1) is 9.78. The molecule has 1 amide bonds. The van der Waals surface area contributed by atoms with E-state index >= 15 is 0 Å². The zero-order valence-corrected chi connectivity index (χ0v) is 13.4. The molecule has 0 spiro atoms. The highest BCUT2D eigenvalue weighted by molar-refractivity contribution is 7.99. The van der Waals surface area contributed by atoms with Gasteiger partial charge in [-0.25, -0.2) is 0 Å². The Hall–Kier alpha value is -0.650. The first-order valence-electron chi connectivity index (χ1n) is 6.87. The molecule has 1 N–H and O–H groups in total. The van der Waals surface area contributed by atoms with Gasteiger partial charge in [0.25, 0.3) is 0 Å². The van der Waals surface area contributed by atoms with Crippen molar-refractivity contribution in [3.8, 4) is 0 Å². The number of benzene rings is 1. The largest absolute Gasteiger partial charge is 0.376 e. The molecular weight excluding hydrogens is 290 g/mol. The quantitative estimate of drug-likeness (QED) is 0.786. The normalized spacial score (nSPS) is 18.1. The molecule has 1 aliphatic heterocycles. The van der Waals surface area contributed by atoms with Crippen LogP contribution in [-0.2, 0) is 15.3 Å². The molecule has 1 aliphatic rings. The maximum Gasteiger partial charge on any atom is 0.230 e. The Kier molecular flexibility index (Phi) is 6.76. The fraction of sp³-hybridized carbons (Fsp3) is 0.533. The number of carbonyl (C=O) groups excluding carboxylic acids is 1. The molecule has 0 bridgehead atoms. The molecule has 0 radical (unpaired) electrons. The van der Waals surface area contributed by atoms with Crippen molar-refractivity contribution in [1.29, 1.82) is 0 Å². The molecule has 20 heavy (non-hydrogen) atoms. The number of hydrogen-bond acceptors (Lipinski definition) is 4. The number of hydrogen-bond donors (Lipinski definition) is 1. The third-order valence-corrected chi connectivity index (χ3v) is 4.96. The van der Waals surface area contributed by atoms with Crippen LogP contribution in [0.5, 0.6) is 0 Å². The van der Waals surface area contributed by atoms with E-state index in [4.69, 9.17) is 4.74 Å². The average molecular weight is 311 g/mol. The maximum atomic E-state index is 11.7. The van der Waals surface area contributed by atoms with E-state index in [1.807, 2.05) is 0 Å². The second-order valence-corrected chi connectivity index (χ2v) is 6.65. The summed E-state index contributed by atoms with van der Waals surface area (Å²) < 4.78 is 5.48. The molecule has 0 unspecified atom stereocenters. The number of amides is 1. The summed E-state index contributed by atoms with van der Waals surface area (Å²) in [6.45, 7) is 1.49. The van der Waals surface area contributed by atoms with E-state index in [0.717, 1.165) is 25.2 Å². The minimum Gasteiger partial charge on any atom is -0.376 e. The highest BCUT2D eigenvalue weighted by atomic mass is 32.2. The van der Waals surface area contributed by atoms with Crippen LogP contribution in [0.3, 0.4) is 0 Å². The van der Waals surface area contributed by atoms with Crippen molar-refractivity contribution in [3.63, 3.8) is 0 Å². The predicted molar refractivity (Wildman–Crippen MR) is 86.4 cm³/mol. The Morgan fingerprint density at radius 2 is 2.20 bits per heavy atom. The van der Waals surface area contributed by atoms with E-state index in [9.17, 15) is 4.79 Å². The van der Waals surface area contributed by atoms with Gasteiger partial charge in [0.05, 0.1) is 11.9 Å². The number of nitrogens with one attached hydrogen (secondary N) is 1. The summed E-state index contributed by atoms with van der Waals surface area (Å²) in [4.78, 5) is 13.0. The Balaban J connectivity index is 1.60. The number of thioether (sulfide) groups is 2. The first-order valence-corrected chi connectivity index (χ1v) is 9.25. The second-order valence-electron chi connectivity index (χ2n) is 4.78. The van der Waals surface area contributed by atoms with Crippen molar-refractivity contribution in [3.05, 3.63) is 29.8 Å². The standard InChI is InChI=1S/C15H21NO2S2/c1-19-14-6-4-12(5-7-14)10-20-11-15(17)16-9-13-3-2-8-18-13/h4-7,13H,2-3,8-11H2,1H3,(H,16,17)/t13-/m1/s1. The fourth-order valence-corrected chi connectivity index (χ4v) is 3.29. The van der Waals surface area contributed by atoms with Crippen LogP contribution in [0.4, 0.5) is 0 Å². The molecule has 0 saturated carbocycles.